The first-order chi connectivity index (χ1) is 16.6. The number of carbonyl (C=O) groups excluding carboxylic acids is 2. The van der Waals surface area contributed by atoms with Gasteiger partial charge in [-0.05, 0) is 50.3 Å². The molecule has 1 aromatic rings. The number of nitrogens with one attached hydrogen (secondary N) is 3. The summed E-state index contributed by atoms with van der Waals surface area (Å²) in [6, 6.07) is 6.02. The predicted molar refractivity (Wildman–Crippen MR) is 128 cm³/mol. The first-order valence-electron chi connectivity index (χ1n) is 13.0. The van der Waals surface area contributed by atoms with Crippen LogP contribution >= 0.6 is 0 Å². The molecule has 4 aliphatic rings. The summed E-state index contributed by atoms with van der Waals surface area (Å²) < 4.78 is 12.2. The maximum absolute atomic E-state index is 12.7. The van der Waals surface area contributed by atoms with E-state index in [0.29, 0.717) is 6.42 Å². The molecule has 0 radical (unpaired) electrons. The lowest BCUT2D eigenvalue weighted by atomic mass is 9.84. The smallest absolute Gasteiger partial charge is 0.319 e. The van der Waals surface area contributed by atoms with Crippen LogP contribution in [0.3, 0.4) is 0 Å². The Morgan fingerprint density at radius 3 is 2.41 bits per heavy atom. The standard InChI is InChI=1S/C26H37N3O5/c30-15-23-25-21(13-19(33-23)14-24(31)27-16-6-2-1-3-7-16)20-12-18(10-11-22(20)34-25)29-26(32)28-17-8-4-5-9-17/h10-12,16-17,19,21,23,25,30H,1-9,13-15H2,(H,27,31)(H2,28,29,32)/t19-,21-,23-,25+/m1/s1. The molecular weight excluding hydrogens is 434 g/mol. The minimum absolute atomic E-state index is 0.00743. The van der Waals surface area contributed by atoms with Gasteiger partial charge in [-0.15, -0.1) is 0 Å². The van der Waals surface area contributed by atoms with Gasteiger partial charge in [0, 0.05) is 29.3 Å². The lowest BCUT2D eigenvalue weighted by Crippen LogP contribution is -2.48. The van der Waals surface area contributed by atoms with Crippen LogP contribution in [0.1, 0.15) is 82.1 Å². The molecule has 2 heterocycles. The van der Waals surface area contributed by atoms with Crippen LogP contribution < -0.4 is 20.7 Å². The number of amides is 3. The molecule has 2 aliphatic carbocycles. The summed E-state index contributed by atoms with van der Waals surface area (Å²) in [6.45, 7) is -0.162. The molecule has 0 aromatic heterocycles. The highest BCUT2D eigenvalue weighted by Crippen LogP contribution is 2.47. The molecule has 8 nitrogen and oxygen atoms in total. The topological polar surface area (TPSA) is 109 Å². The van der Waals surface area contributed by atoms with E-state index in [2.05, 4.69) is 16.0 Å². The lowest BCUT2D eigenvalue weighted by molar-refractivity contribution is -0.142. The zero-order chi connectivity index (χ0) is 23.5. The molecule has 3 amide bonds. The van der Waals surface area contributed by atoms with E-state index in [1.807, 2.05) is 18.2 Å². The van der Waals surface area contributed by atoms with Gasteiger partial charge in [-0.25, -0.2) is 4.79 Å². The van der Waals surface area contributed by atoms with E-state index < -0.39 is 6.10 Å². The highest BCUT2D eigenvalue weighted by molar-refractivity contribution is 5.89. The van der Waals surface area contributed by atoms with Crippen molar-refractivity contribution in [1.29, 1.82) is 0 Å². The zero-order valence-corrected chi connectivity index (χ0v) is 19.8. The van der Waals surface area contributed by atoms with Gasteiger partial charge in [-0.1, -0.05) is 32.1 Å². The summed E-state index contributed by atoms with van der Waals surface area (Å²) in [6.07, 6.45) is 9.96. The number of rotatable bonds is 6. The summed E-state index contributed by atoms with van der Waals surface area (Å²) in [4.78, 5) is 25.1. The van der Waals surface area contributed by atoms with E-state index >= 15 is 0 Å². The van der Waals surface area contributed by atoms with Crippen LogP contribution in [-0.4, -0.2) is 54.0 Å². The Hall–Kier alpha value is -2.32. The fourth-order valence-corrected chi connectivity index (χ4v) is 6.13. The zero-order valence-electron chi connectivity index (χ0n) is 19.8. The number of urea groups is 1. The lowest BCUT2D eigenvalue weighted by Gasteiger charge is -2.37. The molecule has 2 saturated carbocycles. The van der Waals surface area contributed by atoms with Crippen molar-refractivity contribution in [3.05, 3.63) is 23.8 Å². The normalized spacial score (nSPS) is 29.1. The van der Waals surface area contributed by atoms with Crippen molar-refractivity contribution in [2.75, 3.05) is 11.9 Å². The van der Waals surface area contributed by atoms with E-state index in [0.717, 1.165) is 55.5 Å². The minimum Gasteiger partial charge on any atom is -0.487 e. The van der Waals surface area contributed by atoms with E-state index in [4.69, 9.17) is 9.47 Å². The van der Waals surface area contributed by atoms with Crippen molar-refractivity contribution in [2.24, 2.45) is 0 Å². The molecule has 0 spiro atoms. The molecule has 1 aromatic carbocycles. The van der Waals surface area contributed by atoms with Gasteiger partial charge < -0.3 is 30.5 Å². The summed E-state index contributed by atoms with van der Waals surface area (Å²) in [7, 11) is 0. The molecule has 2 aliphatic heterocycles. The number of aliphatic hydroxyl groups excluding tert-OH is 1. The molecule has 3 fully saturated rings. The number of ether oxygens (including phenoxy) is 2. The van der Waals surface area contributed by atoms with Crippen molar-refractivity contribution in [1.82, 2.24) is 10.6 Å². The van der Waals surface area contributed by atoms with E-state index in [1.54, 1.807) is 0 Å². The highest BCUT2D eigenvalue weighted by Gasteiger charge is 2.46. The fraction of sp³-hybridized carbons (Fsp3) is 0.692. The third kappa shape index (κ3) is 5.33. The Bertz CT molecular complexity index is 881. The van der Waals surface area contributed by atoms with Crippen molar-refractivity contribution in [3.8, 4) is 5.75 Å². The molecule has 0 bridgehead atoms. The third-order valence-electron chi connectivity index (χ3n) is 7.83. The Morgan fingerprint density at radius 2 is 1.68 bits per heavy atom. The molecule has 186 valence electrons. The Kier molecular flexibility index (Phi) is 7.25. The largest absolute Gasteiger partial charge is 0.487 e. The number of fused-ring (bicyclic) bond motifs is 3. The molecule has 4 N–H and O–H groups in total. The number of hydrogen-bond acceptors (Lipinski definition) is 5. The third-order valence-corrected chi connectivity index (χ3v) is 7.83. The average Bonchev–Trinajstić information content (AvgIpc) is 3.47. The van der Waals surface area contributed by atoms with E-state index in [-0.39, 0.29) is 55.2 Å². The van der Waals surface area contributed by atoms with Gasteiger partial charge in [0.25, 0.3) is 0 Å². The van der Waals surface area contributed by atoms with Crippen LogP contribution in [0.25, 0.3) is 0 Å². The van der Waals surface area contributed by atoms with E-state index in [9.17, 15) is 14.7 Å². The molecule has 5 rings (SSSR count). The van der Waals surface area contributed by atoms with Gasteiger partial charge in [-0.3, -0.25) is 4.79 Å². The average molecular weight is 472 g/mol. The Labute approximate surface area is 201 Å². The van der Waals surface area contributed by atoms with Crippen LogP contribution in [-0.2, 0) is 9.53 Å². The second-order valence-electron chi connectivity index (χ2n) is 10.3. The predicted octanol–water partition coefficient (Wildman–Crippen LogP) is 3.58. The van der Waals surface area contributed by atoms with Crippen LogP contribution in [0.2, 0.25) is 0 Å². The maximum atomic E-state index is 12.7. The first kappa shape index (κ1) is 23.4. The van der Waals surface area contributed by atoms with Crippen LogP contribution in [0.4, 0.5) is 10.5 Å². The number of carbonyl (C=O) groups is 2. The minimum atomic E-state index is -0.485. The second kappa shape index (κ2) is 10.5. The molecule has 8 heteroatoms. The summed E-state index contributed by atoms with van der Waals surface area (Å²) in [5, 5.41) is 19.1. The van der Waals surface area contributed by atoms with E-state index in [1.165, 1.54) is 19.3 Å². The van der Waals surface area contributed by atoms with Crippen LogP contribution in [0.5, 0.6) is 5.75 Å². The molecule has 0 unspecified atom stereocenters. The maximum Gasteiger partial charge on any atom is 0.319 e. The van der Waals surface area contributed by atoms with Gasteiger partial charge in [0.05, 0.1) is 19.1 Å². The summed E-state index contributed by atoms with van der Waals surface area (Å²) in [5.74, 6) is 0.782. The Morgan fingerprint density at radius 1 is 0.971 bits per heavy atom. The van der Waals surface area contributed by atoms with Gasteiger partial charge in [0.1, 0.15) is 18.0 Å². The molecule has 1 saturated heterocycles. The molecule has 4 atom stereocenters. The first-order valence-corrected chi connectivity index (χ1v) is 13.0. The van der Waals surface area contributed by atoms with Gasteiger partial charge in [-0.2, -0.15) is 0 Å². The summed E-state index contributed by atoms with van der Waals surface area (Å²) in [5.41, 5.74) is 1.72. The van der Waals surface area contributed by atoms with Crippen molar-refractivity contribution < 1.29 is 24.2 Å². The van der Waals surface area contributed by atoms with Crippen LogP contribution in [0.15, 0.2) is 18.2 Å². The number of benzene rings is 1. The quantitative estimate of drug-likeness (QED) is 0.507. The van der Waals surface area contributed by atoms with Gasteiger partial charge >= 0.3 is 6.03 Å². The molecular formula is C26H37N3O5. The second-order valence-corrected chi connectivity index (χ2v) is 10.3. The number of aliphatic hydroxyl groups is 1. The summed E-state index contributed by atoms with van der Waals surface area (Å²) >= 11 is 0. The van der Waals surface area contributed by atoms with Crippen molar-refractivity contribution in [3.63, 3.8) is 0 Å². The number of hydrogen-bond donors (Lipinski definition) is 4. The van der Waals surface area contributed by atoms with Crippen molar-refractivity contribution in [2.45, 2.75) is 107 Å². The number of anilines is 1. The monoisotopic (exact) mass is 471 g/mol. The molecule has 34 heavy (non-hydrogen) atoms. The SMILES string of the molecule is O=C(C[C@H]1C[C@@H]2c3cc(NC(=O)NC4CCCC4)ccc3O[C@@H]2[C@@H](CO)O1)NC1CCCCC1. The highest BCUT2D eigenvalue weighted by atomic mass is 16.6. The van der Waals surface area contributed by atoms with Crippen molar-refractivity contribution >= 4 is 17.6 Å². The fourth-order valence-electron chi connectivity index (χ4n) is 6.13. The van der Waals surface area contributed by atoms with Gasteiger partial charge in [0.2, 0.25) is 5.91 Å². The Balaban J connectivity index is 1.23. The van der Waals surface area contributed by atoms with Crippen LogP contribution in [0, 0.1) is 0 Å². The van der Waals surface area contributed by atoms with Gasteiger partial charge in [0.15, 0.2) is 0 Å².